The Kier molecular flexibility index (Phi) is 4.63. The van der Waals surface area contributed by atoms with Gasteiger partial charge in [0.05, 0.1) is 12.7 Å². The van der Waals surface area contributed by atoms with Gasteiger partial charge >= 0.3 is 5.97 Å². The number of anilines is 1. The highest BCUT2D eigenvalue weighted by molar-refractivity contribution is 7.99. The molecule has 1 aliphatic heterocycles. The smallest absolute Gasteiger partial charge is 0.339 e. The summed E-state index contributed by atoms with van der Waals surface area (Å²) in [6.07, 6.45) is 1.19. The number of carbonyl (C=O) groups excluding carboxylic acids is 1. The third kappa shape index (κ3) is 3.29. The number of carbonyl (C=O) groups is 1. The van der Waals surface area contributed by atoms with Crippen LogP contribution in [0.3, 0.4) is 0 Å². The fourth-order valence-corrected chi connectivity index (χ4v) is 4.03. The third-order valence-corrected chi connectivity index (χ3v) is 5.09. The van der Waals surface area contributed by atoms with E-state index in [1.807, 2.05) is 36.9 Å². The number of rotatable bonds is 3. The third-order valence-electron chi connectivity index (χ3n) is 4.03. The molecule has 1 unspecified atom stereocenters. The van der Waals surface area contributed by atoms with Crippen LogP contribution in [-0.4, -0.2) is 30.6 Å². The molecule has 0 aliphatic carbocycles. The van der Waals surface area contributed by atoms with Crippen molar-refractivity contribution in [2.45, 2.75) is 33.2 Å². The van der Waals surface area contributed by atoms with Crippen LogP contribution in [0, 0.1) is 12.3 Å². The van der Waals surface area contributed by atoms with Crippen LogP contribution < -0.4 is 5.32 Å². The molecule has 1 atom stereocenters. The minimum absolute atomic E-state index is 0.240. The van der Waals surface area contributed by atoms with Gasteiger partial charge in [-0.3, -0.25) is 0 Å². The second kappa shape index (κ2) is 6.08. The van der Waals surface area contributed by atoms with Crippen LogP contribution in [0.4, 0.5) is 5.69 Å². The number of hydrogen-bond acceptors (Lipinski definition) is 4. The molecule has 0 bridgehead atoms. The first kappa shape index (κ1) is 15.2. The zero-order valence-corrected chi connectivity index (χ0v) is 13.5. The first-order valence-electron chi connectivity index (χ1n) is 6.97. The average Bonchev–Trinajstić information content (AvgIpc) is 2.41. The number of benzene rings is 1. The molecule has 0 amide bonds. The van der Waals surface area contributed by atoms with E-state index in [1.165, 1.54) is 19.3 Å². The Bertz CT molecular complexity index is 499. The molecule has 110 valence electrons. The van der Waals surface area contributed by atoms with Crippen molar-refractivity contribution in [3.63, 3.8) is 0 Å². The zero-order chi connectivity index (χ0) is 14.8. The summed E-state index contributed by atoms with van der Waals surface area (Å²) >= 11 is 1.97. The molecule has 1 saturated heterocycles. The minimum Gasteiger partial charge on any atom is -0.465 e. The molecule has 1 aliphatic rings. The summed E-state index contributed by atoms with van der Waals surface area (Å²) < 4.78 is 4.89. The Morgan fingerprint density at radius 2 is 2.20 bits per heavy atom. The second-order valence-electron chi connectivity index (χ2n) is 6.05. The summed E-state index contributed by atoms with van der Waals surface area (Å²) in [7, 11) is 1.43. The summed E-state index contributed by atoms with van der Waals surface area (Å²) in [5.41, 5.74) is 2.80. The predicted molar refractivity (Wildman–Crippen MR) is 85.7 cm³/mol. The summed E-state index contributed by atoms with van der Waals surface area (Å²) in [5.74, 6) is 2.00. The summed E-state index contributed by atoms with van der Waals surface area (Å²) in [5, 5.41) is 3.56. The maximum absolute atomic E-state index is 11.9. The lowest BCUT2D eigenvalue weighted by atomic mass is 9.82. The Labute approximate surface area is 125 Å². The quantitative estimate of drug-likeness (QED) is 0.862. The fourth-order valence-electron chi connectivity index (χ4n) is 2.42. The van der Waals surface area contributed by atoms with Crippen molar-refractivity contribution in [3.8, 4) is 0 Å². The average molecular weight is 293 g/mol. The van der Waals surface area contributed by atoms with E-state index >= 15 is 0 Å². The van der Waals surface area contributed by atoms with Crippen LogP contribution in [0.1, 0.15) is 36.2 Å². The van der Waals surface area contributed by atoms with E-state index in [1.54, 1.807) is 0 Å². The number of nitrogens with one attached hydrogen (secondary N) is 1. The molecule has 0 spiro atoms. The van der Waals surface area contributed by atoms with Gasteiger partial charge in [-0.05, 0) is 36.6 Å². The number of thioether (sulfide) groups is 1. The van der Waals surface area contributed by atoms with Crippen LogP contribution in [0.5, 0.6) is 0 Å². The summed E-state index contributed by atoms with van der Waals surface area (Å²) in [6.45, 7) is 6.56. The second-order valence-corrected chi connectivity index (χ2v) is 7.20. The van der Waals surface area contributed by atoms with Crippen molar-refractivity contribution in [2.24, 2.45) is 5.41 Å². The molecule has 1 heterocycles. The van der Waals surface area contributed by atoms with Crippen molar-refractivity contribution in [1.82, 2.24) is 0 Å². The predicted octanol–water partition coefficient (Wildman–Crippen LogP) is 3.73. The van der Waals surface area contributed by atoms with E-state index < -0.39 is 0 Å². The van der Waals surface area contributed by atoms with Gasteiger partial charge in [-0.15, -0.1) is 0 Å². The minimum atomic E-state index is -0.280. The molecular weight excluding hydrogens is 270 g/mol. The SMILES string of the molecule is COC(=O)c1cc(C)ccc1NC1CSCCC1(C)C. The molecule has 4 heteroatoms. The molecule has 1 aromatic carbocycles. The van der Waals surface area contributed by atoms with Gasteiger partial charge in [0.1, 0.15) is 0 Å². The maximum atomic E-state index is 11.9. The van der Waals surface area contributed by atoms with Gasteiger partial charge in [0.2, 0.25) is 0 Å². The summed E-state index contributed by atoms with van der Waals surface area (Å²) in [6, 6.07) is 6.26. The maximum Gasteiger partial charge on any atom is 0.339 e. The van der Waals surface area contributed by atoms with Crippen molar-refractivity contribution < 1.29 is 9.53 Å². The van der Waals surface area contributed by atoms with E-state index in [2.05, 4.69) is 19.2 Å². The lowest BCUT2D eigenvalue weighted by Gasteiger charge is -2.39. The van der Waals surface area contributed by atoms with E-state index in [4.69, 9.17) is 4.74 Å². The van der Waals surface area contributed by atoms with Crippen molar-refractivity contribution in [3.05, 3.63) is 29.3 Å². The van der Waals surface area contributed by atoms with Gasteiger partial charge in [0, 0.05) is 17.5 Å². The Balaban J connectivity index is 2.26. The first-order chi connectivity index (χ1) is 9.44. The van der Waals surface area contributed by atoms with E-state index in [9.17, 15) is 4.79 Å². The van der Waals surface area contributed by atoms with Gasteiger partial charge in [-0.1, -0.05) is 25.5 Å². The van der Waals surface area contributed by atoms with Crippen LogP contribution in [0.15, 0.2) is 18.2 Å². The Hall–Kier alpha value is -1.16. The highest BCUT2D eigenvalue weighted by Gasteiger charge is 2.33. The van der Waals surface area contributed by atoms with Gasteiger partial charge in [-0.2, -0.15) is 11.8 Å². The van der Waals surface area contributed by atoms with Gasteiger partial charge in [0.15, 0.2) is 0 Å². The molecule has 1 N–H and O–H groups in total. The molecule has 2 rings (SSSR count). The number of ether oxygens (including phenoxy) is 1. The highest BCUT2D eigenvalue weighted by Crippen LogP contribution is 2.36. The molecule has 1 fully saturated rings. The largest absolute Gasteiger partial charge is 0.465 e. The lowest BCUT2D eigenvalue weighted by molar-refractivity contribution is 0.0601. The molecule has 1 aromatic rings. The van der Waals surface area contributed by atoms with E-state index in [0.29, 0.717) is 11.6 Å². The number of esters is 1. The van der Waals surface area contributed by atoms with Crippen LogP contribution in [0.25, 0.3) is 0 Å². The molecule has 3 nitrogen and oxygen atoms in total. The van der Waals surface area contributed by atoms with Crippen LogP contribution in [-0.2, 0) is 4.74 Å². The molecular formula is C16H23NO2S. The Morgan fingerprint density at radius 3 is 2.85 bits per heavy atom. The number of methoxy groups -OCH3 is 1. The van der Waals surface area contributed by atoms with Gasteiger partial charge in [-0.25, -0.2) is 4.79 Å². The zero-order valence-electron chi connectivity index (χ0n) is 12.7. The van der Waals surface area contributed by atoms with Gasteiger partial charge in [0.25, 0.3) is 0 Å². The van der Waals surface area contributed by atoms with Crippen molar-refractivity contribution in [1.29, 1.82) is 0 Å². The van der Waals surface area contributed by atoms with E-state index in [-0.39, 0.29) is 11.4 Å². The normalized spacial score (nSPS) is 21.3. The van der Waals surface area contributed by atoms with Crippen LogP contribution >= 0.6 is 11.8 Å². The molecule has 0 saturated carbocycles. The monoisotopic (exact) mass is 293 g/mol. The lowest BCUT2D eigenvalue weighted by Crippen LogP contribution is -2.42. The van der Waals surface area contributed by atoms with Crippen molar-refractivity contribution >= 4 is 23.4 Å². The molecule has 0 aromatic heterocycles. The molecule has 0 radical (unpaired) electrons. The molecule has 20 heavy (non-hydrogen) atoms. The Morgan fingerprint density at radius 1 is 1.45 bits per heavy atom. The van der Waals surface area contributed by atoms with E-state index in [0.717, 1.165) is 17.0 Å². The number of aryl methyl sites for hydroxylation is 1. The topological polar surface area (TPSA) is 38.3 Å². The highest BCUT2D eigenvalue weighted by atomic mass is 32.2. The van der Waals surface area contributed by atoms with Gasteiger partial charge < -0.3 is 10.1 Å². The van der Waals surface area contributed by atoms with Crippen LogP contribution in [0.2, 0.25) is 0 Å². The number of hydrogen-bond donors (Lipinski definition) is 1. The standard InChI is InChI=1S/C16H23NO2S/c1-11-5-6-13(12(9-11)15(18)19-4)17-14-10-20-8-7-16(14,2)3/h5-6,9,14,17H,7-8,10H2,1-4H3. The summed E-state index contributed by atoms with van der Waals surface area (Å²) in [4.78, 5) is 11.9. The fraction of sp³-hybridized carbons (Fsp3) is 0.562. The first-order valence-corrected chi connectivity index (χ1v) is 8.13. The van der Waals surface area contributed by atoms with Crippen molar-refractivity contribution in [2.75, 3.05) is 23.9 Å².